The van der Waals surface area contributed by atoms with Crippen molar-refractivity contribution in [1.82, 2.24) is 20.9 Å². The highest BCUT2D eigenvalue weighted by Gasteiger charge is 2.48. The van der Waals surface area contributed by atoms with Crippen LogP contribution in [0.3, 0.4) is 0 Å². The minimum atomic E-state index is -1.25. The van der Waals surface area contributed by atoms with E-state index in [0.717, 1.165) is 38.5 Å². The average molecular weight is 686 g/mol. The first kappa shape index (κ1) is 37.9. The van der Waals surface area contributed by atoms with Crippen molar-refractivity contribution < 1.29 is 37.9 Å². The maximum atomic E-state index is 14.4. The lowest BCUT2D eigenvalue weighted by Gasteiger charge is -2.39. The molecule has 1 aromatic heterocycles. The fourth-order valence-corrected chi connectivity index (χ4v) is 7.43. The zero-order chi connectivity index (χ0) is 35.9. The SMILES string of the molecule is CC(C)C[C@H]1CCN(C(=O)[C@@H](NC(=O)NC2(C(=O)OCc3ccoc3)CCCCC2)C(C)(C)C)[C@@H]1C(=O)NC(CC1CCC1)C(=O)C(N)=O. The van der Waals surface area contributed by atoms with Crippen molar-refractivity contribution in [3.8, 4) is 0 Å². The number of primary amides is 1. The van der Waals surface area contributed by atoms with Gasteiger partial charge in [-0.05, 0) is 61.3 Å². The summed E-state index contributed by atoms with van der Waals surface area (Å²) in [7, 11) is 0. The maximum Gasteiger partial charge on any atom is 0.332 e. The van der Waals surface area contributed by atoms with Crippen LogP contribution in [0.4, 0.5) is 4.79 Å². The van der Waals surface area contributed by atoms with Crippen LogP contribution in [0.25, 0.3) is 0 Å². The van der Waals surface area contributed by atoms with Crippen LogP contribution in [-0.2, 0) is 35.3 Å². The fraction of sp³-hybridized carbons (Fsp3) is 0.722. The standard InChI is InChI=1S/C36H55N5O8/c1-22(2)18-25-12-16-41(27(25)31(44)38-26(28(42)30(37)43)19-23-10-9-11-23)32(45)29(35(3,4)5)39-34(47)40-36(14-7-6-8-15-36)33(46)49-21-24-13-17-48-20-24/h13,17,20,22-23,25-27,29H,6-12,14-16,18-19,21H2,1-5H3,(H2,37,43)(H,38,44)(H2,39,40,47)/t25-,26?,27+,29-/m1/s1. The lowest BCUT2D eigenvalue weighted by atomic mass is 9.80. The molecular formula is C36H55N5O8. The van der Waals surface area contributed by atoms with Gasteiger partial charge in [0.25, 0.3) is 5.91 Å². The molecule has 1 unspecified atom stereocenters. The molecule has 2 saturated carbocycles. The molecule has 13 heteroatoms. The van der Waals surface area contributed by atoms with E-state index < -0.39 is 64.6 Å². The first-order valence-corrected chi connectivity index (χ1v) is 17.8. The topological polar surface area (TPSA) is 190 Å². The van der Waals surface area contributed by atoms with Crippen molar-refractivity contribution in [2.45, 2.75) is 136 Å². The van der Waals surface area contributed by atoms with Crippen molar-refractivity contribution >= 4 is 35.5 Å². The summed E-state index contributed by atoms with van der Waals surface area (Å²) in [5.41, 5.74) is 4.02. The van der Waals surface area contributed by atoms with Crippen LogP contribution >= 0.6 is 0 Å². The molecule has 1 saturated heterocycles. The molecule has 0 bridgehead atoms. The Morgan fingerprint density at radius 2 is 1.69 bits per heavy atom. The number of hydrogen-bond donors (Lipinski definition) is 4. The number of rotatable bonds is 14. The lowest BCUT2D eigenvalue weighted by molar-refractivity contribution is -0.154. The van der Waals surface area contributed by atoms with Crippen molar-refractivity contribution in [1.29, 1.82) is 0 Å². The van der Waals surface area contributed by atoms with E-state index in [1.165, 1.54) is 17.4 Å². The van der Waals surface area contributed by atoms with Gasteiger partial charge in [-0.15, -0.1) is 0 Å². The van der Waals surface area contributed by atoms with Crippen LogP contribution in [0.1, 0.15) is 111 Å². The van der Waals surface area contributed by atoms with Crippen LogP contribution in [-0.4, -0.2) is 70.6 Å². The van der Waals surface area contributed by atoms with Crippen molar-refractivity contribution in [3.05, 3.63) is 24.2 Å². The maximum absolute atomic E-state index is 14.4. The molecule has 2 heterocycles. The molecule has 4 rings (SSSR count). The molecule has 2 aliphatic carbocycles. The third kappa shape index (κ3) is 9.63. The summed E-state index contributed by atoms with van der Waals surface area (Å²) in [6, 6.07) is -2.00. The molecule has 13 nitrogen and oxygen atoms in total. The fourth-order valence-electron chi connectivity index (χ4n) is 7.43. The summed E-state index contributed by atoms with van der Waals surface area (Å²) in [5, 5.41) is 8.53. The summed E-state index contributed by atoms with van der Waals surface area (Å²) in [5.74, 6) is -3.19. The van der Waals surface area contributed by atoms with Gasteiger partial charge in [0.1, 0.15) is 24.2 Å². The first-order chi connectivity index (χ1) is 23.1. The highest BCUT2D eigenvalue weighted by atomic mass is 16.5. The number of esters is 1. The molecule has 0 radical (unpaired) electrons. The summed E-state index contributed by atoms with van der Waals surface area (Å²) in [6.07, 6.45) is 10.5. The molecule has 0 spiro atoms. The molecule has 1 aromatic rings. The van der Waals surface area contributed by atoms with Crippen LogP contribution < -0.4 is 21.7 Å². The summed E-state index contributed by atoms with van der Waals surface area (Å²) < 4.78 is 10.7. The lowest BCUT2D eigenvalue weighted by Crippen LogP contribution is -2.64. The number of furan rings is 1. The Morgan fingerprint density at radius 3 is 2.24 bits per heavy atom. The smallest absolute Gasteiger partial charge is 0.332 e. The van der Waals surface area contributed by atoms with E-state index in [4.69, 9.17) is 14.9 Å². The predicted molar refractivity (Wildman–Crippen MR) is 180 cm³/mol. The molecule has 3 fully saturated rings. The van der Waals surface area contributed by atoms with Gasteiger partial charge < -0.3 is 35.7 Å². The number of urea groups is 1. The van der Waals surface area contributed by atoms with Crippen LogP contribution in [0.15, 0.2) is 23.0 Å². The third-order valence-electron chi connectivity index (χ3n) is 10.3. The monoisotopic (exact) mass is 685 g/mol. The molecule has 3 aliphatic rings. The number of nitrogens with two attached hydrogens (primary N) is 1. The summed E-state index contributed by atoms with van der Waals surface area (Å²) >= 11 is 0. The Hall–Kier alpha value is -3.90. The number of nitrogens with zero attached hydrogens (tertiary/aromatic N) is 1. The number of nitrogens with one attached hydrogen (secondary N) is 3. The van der Waals surface area contributed by atoms with E-state index in [1.54, 1.807) is 6.07 Å². The van der Waals surface area contributed by atoms with E-state index in [1.807, 2.05) is 34.6 Å². The molecular weight excluding hydrogens is 630 g/mol. The van der Waals surface area contributed by atoms with Crippen molar-refractivity contribution in [3.63, 3.8) is 0 Å². The third-order valence-corrected chi connectivity index (χ3v) is 10.3. The Morgan fingerprint density at radius 1 is 1.00 bits per heavy atom. The average Bonchev–Trinajstić information content (AvgIpc) is 3.69. The molecule has 49 heavy (non-hydrogen) atoms. The molecule has 5 amide bonds. The van der Waals surface area contributed by atoms with Crippen LogP contribution in [0.2, 0.25) is 0 Å². The van der Waals surface area contributed by atoms with Gasteiger partial charge in [0.05, 0.1) is 18.6 Å². The van der Waals surface area contributed by atoms with Gasteiger partial charge in [-0.3, -0.25) is 19.2 Å². The van der Waals surface area contributed by atoms with E-state index >= 15 is 0 Å². The number of carbonyl (C=O) groups excluding carboxylic acids is 6. The van der Waals surface area contributed by atoms with Gasteiger partial charge in [-0.25, -0.2) is 9.59 Å². The molecule has 1 aliphatic heterocycles. The van der Waals surface area contributed by atoms with E-state index in [9.17, 15) is 28.8 Å². The van der Waals surface area contributed by atoms with E-state index in [-0.39, 0.29) is 30.9 Å². The Bertz CT molecular complexity index is 1340. The predicted octanol–water partition coefficient (Wildman–Crippen LogP) is 3.73. The van der Waals surface area contributed by atoms with Gasteiger partial charge >= 0.3 is 12.0 Å². The number of ketones is 1. The zero-order valence-electron chi connectivity index (χ0n) is 29.7. The Labute approximate surface area is 289 Å². The number of ether oxygens (including phenoxy) is 1. The highest BCUT2D eigenvalue weighted by Crippen LogP contribution is 2.35. The van der Waals surface area contributed by atoms with E-state index in [2.05, 4.69) is 16.0 Å². The van der Waals surface area contributed by atoms with Gasteiger partial charge in [0.2, 0.25) is 17.6 Å². The Kier molecular flexibility index (Phi) is 12.5. The molecule has 0 aromatic carbocycles. The van der Waals surface area contributed by atoms with Gasteiger partial charge in [0.15, 0.2) is 0 Å². The number of Topliss-reactive ketones (excluding diaryl/α,β-unsaturated/α-hetero) is 1. The second-order valence-corrected chi connectivity index (χ2v) is 15.7. The van der Waals surface area contributed by atoms with E-state index in [0.29, 0.717) is 37.7 Å². The minimum Gasteiger partial charge on any atom is -0.472 e. The van der Waals surface area contributed by atoms with Gasteiger partial charge in [-0.2, -0.15) is 0 Å². The summed E-state index contributed by atoms with van der Waals surface area (Å²) in [4.78, 5) is 81.8. The molecule has 5 N–H and O–H groups in total. The molecule has 272 valence electrons. The molecule has 4 atom stereocenters. The number of carbonyl (C=O) groups is 6. The Balaban J connectivity index is 1.53. The highest BCUT2D eigenvalue weighted by molar-refractivity contribution is 6.37. The zero-order valence-corrected chi connectivity index (χ0v) is 29.7. The number of hydrogen-bond acceptors (Lipinski definition) is 8. The number of amides is 5. The van der Waals surface area contributed by atoms with Crippen LogP contribution in [0.5, 0.6) is 0 Å². The summed E-state index contributed by atoms with van der Waals surface area (Å²) in [6.45, 7) is 9.84. The number of likely N-dealkylation sites (tertiary alicyclic amines) is 1. The second kappa shape index (κ2) is 16.2. The van der Waals surface area contributed by atoms with Gasteiger partial charge in [0, 0.05) is 12.1 Å². The second-order valence-electron chi connectivity index (χ2n) is 15.7. The van der Waals surface area contributed by atoms with Crippen LogP contribution in [0, 0.1) is 23.2 Å². The first-order valence-electron chi connectivity index (χ1n) is 17.8. The minimum absolute atomic E-state index is 0.00594. The van der Waals surface area contributed by atoms with Gasteiger partial charge in [-0.1, -0.05) is 73.1 Å². The quantitative estimate of drug-likeness (QED) is 0.168. The largest absolute Gasteiger partial charge is 0.472 e. The normalized spacial score (nSPS) is 22.0. The van der Waals surface area contributed by atoms with Crippen molar-refractivity contribution in [2.75, 3.05) is 6.54 Å². The van der Waals surface area contributed by atoms with Crippen molar-refractivity contribution in [2.24, 2.45) is 28.9 Å².